The number of nitrogens with zero attached hydrogens (tertiary/aromatic N) is 3. The van der Waals surface area contributed by atoms with Crippen molar-refractivity contribution in [2.75, 3.05) is 37.9 Å². The molecule has 3 rings (SSSR count). The lowest BCUT2D eigenvalue weighted by Crippen LogP contribution is -2.41. The average Bonchev–Trinajstić information content (AvgIpc) is 3.29. The van der Waals surface area contributed by atoms with Gasteiger partial charge in [0.25, 0.3) is 0 Å². The number of hydrogen-bond donors (Lipinski definition) is 2. The van der Waals surface area contributed by atoms with E-state index in [-0.39, 0.29) is 17.9 Å². The summed E-state index contributed by atoms with van der Waals surface area (Å²) in [5.74, 6) is 1.14. The van der Waals surface area contributed by atoms with Crippen LogP contribution in [0.4, 0.5) is 16.3 Å². The number of benzene rings is 2. The van der Waals surface area contributed by atoms with E-state index in [4.69, 9.17) is 37.8 Å². The Labute approximate surface area is 233 Å². The molecule has 0 aliphatic heterocycles. The largest absolute Gasteiger partial charge is 0.497 e. The van der Waals surface area contributed by atoms with Crippen molar-refractivity contribution >= 4 is 46.6 Å². The summed E-state index contributed by atoms with van der Waals surface area (Å²) < 4.78 is 12.1. The summed E-state index contributed by atoms with van der Waals surface area (Å²) in [5.41, 5.74) is 1.63. The number of amides is 3. The number of anilines is 2. The molecule has 2 N–H and O–H groups in total. The van der Waals surface area contributed by atoms with Gasteiger partial charge in [0.1, 0.15) is 23.9 Å². The third-order valence-corrected chi connectivity index (χ3v) is 6.35. The zero-order chi connectivity index (χ0) is 28.0. The van der Waals surface area contributed by atoms with Crippen LogP contribution in [-0.4, -0.2) is 53.9 Å². The molecule has 0 bridgehead atoms. The number of hydrogen-bond acceptors (Lipinski definition) is 5. The van der Waals surface area contributed by atoms with Crippen LogP contribution in [0.2, 0.25) is 10.0 Å². The molecule has 0 unspecified atom stereocenters. The summed E-state index contributed by atoms with van der Waals surface area (Å²) in [6.45, 7) is 8.22. The maximum atomic E-state index is 13.2. The molecule has 0 fully saturated rings. The zero-order valence-electron chi connectivity index (χ0n) is 22.4. The minimum Gasteiger partial charge on any atom is -0.497 e. The van der Waals surface area contributed by atoms with E-state index in [1.807, 2.05) is 33.8 Å². The number of rotatable bonds is 9. The van der Waals surface area contributed by atoms with E-state index in [1.54, 1.807) is 41.1 Å². The molecular weight excluding hydrogens is 529 g/mol. The highest BCUT2D eigenvalue weighted by molar-refractivity contribution is 6.42. The Morgan fingerprint density at radius 3 is 2.18 bits per heavy atom. The van der Waals surface area contributed by atoms with E-state index in [2.05, 4.69) is 10.6 Å². The van der Waals surface area contributed by atoms with E-state index < -0.39 is 6.03 Å². The van der Waals surface area contributed by atoms with Crippen LogP contribution in [0.25, 0.3) is 5.69 Å². The molecule has 0 radical (unpaired) electrons. The van der Waals surface area contributed by atoms with Gasteiger partial charge >= 0.3 is 6.03 Å². The van der Waals surface area contributed by atoms with Crippen molar-refractivity contribution in [3.63, 3.8) is 0 Å². The Morgan fingerprint density at radius 2 is 1.63 bits per heavy atom. The molecule has 3 aromatic rings. The number of urea groups is 1. The van der Waals surface area contributed by atoms with Gasteiger partial charge in [0.2, 0.25) is 5.91 Å². The molecule has 38 heavy (non-hydrogen) atoms. The second kappa shape index (κ2) is 12.4. The van der Waals surface area contributed by atoms with Gasteiger partial charge in [0.15, 0.2) is 0 Å². The first-order valence-corrected chi connectivity index (χ1v) is 12.9. The Bertz CT molecular complexity index is 1280. The number of carbonyl (C=O) groups is 2. The van der Waals surface area contributed by atoms with Gasteiger partial charge in [-0.05, 0) is 24.6 Å². The highest BCUT2D eigenvalue weighted by Crippen LogP contribution is 2.30. The van der Waals surface area contributed by atoms with Gasteiger partial charge in [0, 0.05) is 41.9 Å². The van der Waals surface area contributed by atoms with Crippen LogP contribution in [0.3, 0.4) is 0 Å². The first-order valence-electron chi connectivity index (χ1n) is 12.1. The molecule has 0 spiro atoms. The molecule has 1 heterocycles. The minimum absolute atomic E-state index is 0.168. The van der Waals surface area contributed by atoms with E-state index >= 15 is 0 Å². The first kappa shape index (κ1) is 29.1. The average molecular weight is 562 g/mol. The van der Waals surface area contributed by atoms with Gasteiger partial charge in [-0.15, -0.1) is 0 Å². The molecule has 0 saturated carbocycles. The zero-order valence-corrected chi connectivity index (χ0v) is 23.9. The normalized spacial score (nSPS) is 11.2. The van der Waals surface area contributed by atoms with Crippen LogP contribution < -0.4 is 20.1 Å². The Balaban J connectivity index is 1.82. The molecule has 9 nitrogen and oxygen atoms in total. The second-order valence-corrected chi connectivity index (χ2v) is 10.5. The number of carbonyl (C=O) groups excluding carboxylic acids is 2. The van der Waals surface area contributed by atoms with E-state index in [1.165, 1.54) is 19.1 Å². The van der Waals surface area contributed by atoms with E-state index in [9.17, 15) is 9.59 Å². The number of halogens is 2. The number of nitrogens with one attached hydrogen (secondary N) is 2. The highest BCUT2D eigenvalue weighted by Gasteiger charge is 2.23. The van der Waals surface area contributed by atoms with Crippen molar-refractivity contribution < 1.29 is 19.1 Å². The van der Waals surface area contributed by atoms with Gasteiger partial charge in [-0.25, -0.2) is 9.48 Å². The maximum absolute atomic E-state index is 13.2. The summed E-state index contributed by atoms with van der Waals surface area (Å²) in [6, 6.07) is 11.6. The Hall–Kier alpha value is -3.43. The fraction of sp³-hybridized carbons (Fsp3) is 0.370. The molecule has 204 valence electrons. The molecule has 11 heteroatoms. The van der Waals surface area contributed by atoms with E-state index in [0.29, 0.717) is 51.7 Å². The quantitative estimate of drug-likeness (QED) is 0.316. The Kier molecular flexibility index (Phi) is 9.51. The SMILES string of the molecule is CCCN(CC(=O)Nc1cc(C(C)(C)C)nn1-c1ccc(Cl)c(Cl)c1)C(=O)Nc1cc(OC)cc(OC)c1. The fourth-order valence-corrected chi connectivity index (χ4v) is 3.90. The molecule has 2 aromatic carbocycles. The van der Waals surface area contributed by atoms with Crippen molar-refractivity contribution in [2.24, 2.45) is 0 Å². The molecule has 0 saturated heterocycles. The van der Waals surface area contributed by atoms with Crippen molar-refractivity contribution in [3.05, 3.63) is 58.2 Å². The third-order valence-electron chi connectivity index (χ3n) is 5.61. The topological polar surface area (TPSA) is 97.7 Å². The van der Waals surface area contributed by atoms with Crippen molar-refractivity contribution in [1.82, 2.24) is 14.7 Å². The van der Waals surface area contributed by atoms with Crippen molar-refractivity contribution in [1.29, 1.82) is 0 Å². The number of methoxy groups -OCH3 is 2. The lowest BCUT2D eigenvalue weighted by Gasteiger charge is -2.22. The summed E-state index contributed by atoms with van der Waals surface area (Å²) >= 11 is 12.3. The lowest BCUT2D eigenvalue weighted by molar-refractivity contribution is -0.116. The van der Waals surface area contributed by atoms with E-state index in [0.717, 1.165) is 5.69 Å². The highest BCUT2D eigenvalue weighted by atomic mass is 35.5. The minimum atomic E-state index is -0.425. The van der Waals surface area contributed by atoms with Crippen LogP contribution in [0.1, 0.15) is 39.8 Å². The van der Waals surface area contributed by atoms with Crippen LogP contribution in [-0.2, 0) is 10.2 Å². The van der Waals surface area contributed by atoms with Gasteiger partial charge < -0.3 is 25.0 Å². The molecular formula is C27H33Cl2N5O4. The van der Waals surface area contributed by atoms with Crippen LogP contribution in [0.5, 0.6) is 11.5 Å². The molecule has 0 aliphatic rings. The van der Waals surface area contributed by atoms with Crippen LogP contribution >= 0.6 is 23.2 Å². The standard InChI is InChI=1S/C27H33Cl2N5O4/c1-7-10-33(26(36)30-17-11-19(37-5)14-20(12-17)38-6)16-25(35)31-24-15-23(27(2,3)4)32-34(24)18-8-9-21(28)22(29)13-18/h8-9,11-15H,7,10,16H2,1-6H3,(H,30,36)(H,31,35). The Morgan fingerprint density at radius 1 is 0.974 bits per heavy atom. The number of aromatic nitrogens is 2. The molecule has 0 atom stereocenters. The predicted octanol–water partition coefficient (Wildman–Crippen LogP) is 6.38. The summed E-state index contributed by atoms with van der Waals surface area (Å²) in [7, 11) is 3.06. The summed E-state index contributed by atoms with van der Waals surface area (Å²) in [4.78, 5) is 27.7. The molecule has 1 aromatic heterocycles. The second-order valence-electron chi connectivity index (χ2n) is 9.68. The smallest absolute Gasteiger partial charge is 0.322 e. The predicted molar refractivity (Wildman–Crippen MR) is 151 cm³/mol. The van der Waals surface area contributed by atoms with Gasteiger partial charge in [0.05, 0.1) is 35.6 Å². The molecule has 3 amide bonds. The maximum Gasteiger partial charge on any atom is 0.322 e. The van der Waals surface area contributed by atoms with Gasteiger partial charge in [-0.1, -0.05) is 50.9 Å². The van der Waals surface area contributed by atoms with Crippen molar-refractivity contribution in [2.45, 2.75) is 39.5 Å². The fourth-order valence-electron chi connectivity index (χ4n) is 3.61. The summed E-state index contributed by atoms with van der Waals surface area (Å²) in [5, 5.41) is 11.2. The van der Waals surface area contributed by atoms with Crippen LogP contribution in [0, 0.1) is 0 Å². The first-order chi connectivity index (χ1) is 17.9. The van der Waals surface area contributed by atoms with Crippen LogP contribution in [0.15, 0.2) is 42.5 Å². The lowest BCUT2D eigenvalue weighted by atomic mass is 9.92. The molecule has 0 aliphatic carbocycles. The van der Waals surface area contributed by atoms with Crippen molar-refractivity contribution in [3.8, 4) is 17.2 Å². The number of ether oxygens (including phenoxy) is 2. The van der Waals surface area contributed by atoms with Gasteiger partial charge in [-0.2, -0.15) is 5.10 Å². The summed E-state index contributed by atoms with van der Waals surface area (Å²) in [6.07, 6.45) is 0.664. The van der Waals surface area contributed by atoms with Gasteiger partial charge in [-0.3, -0.25) is 4.79 Å². The third kappa shape index (κ3) is 7.33. The monoisotopic (exact) mass is 561 g/mol.